The number of hydrogen-bond acceptors (Lipinski definition) is 9. The minimum atomic E-state index is -0.669. The lowest BCUT2D eigenvalue weighted by Gasteiger charge is -2.31. The molecule has 232 valence electrons. The Balaban J connectivity index is 0.000000167. The molecule has 3 aromatic heterocycles. The molecule has 43 heavy (non-hydrogen) atoms. The Hall–Kier alpha value is -4.16. The molecule has 0 radical (unpaired) electrons. The fraction of sp³-hybridized carbons (Fsp3) is 0.600. The van der Waals surface area contributed by atoms with Crippen molar-refractivity contribution in [2.24, 2.45) is 20.0 Å². The van der Waals surface area contributed by atoms with Crippen LogP contribution in [0, 0.1) is 5.92 Å². The highest BCUT2D eigenvalue weighted by Crippen LogP contribution is 2.41. The van der Waals surface area contributed by atoms with Crippen molar-refractivity contribution in [1.29, 1.82) is 0 Å². The summed E-state index contributed by atoms with van der Waals surface area (Å²) in [6.07, 6.45) is 5.91. The Morgan fingerprint density at radius 2 is 1.49 bits per heavy atom. The molecule has 1 unspecified atom stereocenters. The Labute approximate surface area is 250 Å². The summed E-state index contributed by atoms with van der Waals surface area (Å²) < 4.78 is 8.75. The molecule has 1 saturated heterocycles. The van der Waals surface area contributed by atoms with Crippen LogP contribution in [0.15, 0.2) is 21.7 Å². The summed E-state index contributed by atoms with van der Waals surface area (Å²) in [7, 11) is 3.85. The average molecular weight is 595 g/mol. The number of anilines is 2. The van der Waals surface area contributed by atoms with Crippen LogP contribution in [-0.2, 0) is 41.4 Å². The van der Waals surface area contributed by atoms with Gasteiger partial charge in [0.25, 0.3) is 5.56 Å². The van der Waals surface area contributed by atoms with Crippen LogP contribution in [0.4, 0.5) is 11.6 Å². The van der Waals surface area contributed by atoms with E-state index < -0.39 is 17.6 Å². The first-order valence-electron chi connectivity index (χ1n) is 14.8. The largest absolute Gasteiger partial charge is 0.465 e. The summed E-state index contributed by atoms with van der Waals surface area (Å²) in [5.74, 6) is 2.13. The van der Waals surface area contributed by atoms with E-state index in [9.17, 15) is 19.2 Å². The molecule has 4 aliphatic rings. The van der Waals surface area contributed by atoms with Crippen LogP contribution in [0.25, 0.3) is 0 Å². The monoisotopic (exact) mass is 594 g/mol. The van der Waals surface area contributed by atoms with E-state index in [-0.39, 0.29) is 18.8 Å². The summed E-state index contributed by atoms with van der Waals surface area (Å²) in [6.45, 7) is 4.37. The molecular weight excluding hydrogens is 552 g/mol. The van der Waals surface area contributed by atoms with Crippen LogP contribution < -0.4 is 21.0 Å². The number of Topliss-reactive ketones (excluding diaryl/α,β-unsaturated/α-hetero) is 1. The molecule has 2 aliphatic heterocycles. The number of aromatic amines is 2. The molecule has 3 fully saturated rings. The van der Waals surface area contributed by atoms with Crippen LogP contribution in [0.5, 0.6) is 0 Å². The number of ether oxygens (including phenoxy) is 1. The number of aryl methyl sites for hydroxylation is 2. The van der Waals surface area contributed by atoms with Gasteiger partial charge in [-0.3, -0.25) is 28.7 Å². The number of nitrogens with one attached hydrogen (secondary N) is 2. The van der Waals surface area contributed by atoms with E-state index in [4.69, 9.17) is 4.74 Å². The highest BCUT2D eigenvalue weighted by atomic mass is 16.5. The number of rotatable bonds is 6. The summed E-state index contributed by atoms with van der Waals surface area (Å²) >= 11 is 0. The first-order chi connectivity index (χ1) is 20.2. The van der Waals surface area contributed by atoms with E-state index >= 15 is 0 Å². The van der Waals surface area contributed by atoms with Crippen molar-refractivity contribution < 1.29 is 14.3 Å². The standard InChI is InChI=1S/C15H21N3O3.C14H17N5O2.CH4/c1-3-21-15(20)11-9-18(7-6-13(11)19)14-8-12(10-4-5-10)16-17(14)2;1-18-12(6-11(17-18)8-2-3-8)19-5-4-10-9(7-19)13(20)16-14(21)15-10;/h8,10-11H,3-7,9H2,1-2H3;6,8H,2-5,7H2,1H3,(H2,15,16,20,21);1H4. The van der Waals surface area contributed by atoms with Gasteiger partial charge in [0, 0.05) is 76.2 Å². The molecule has 2 N–H and O–H groups in total. The van der Waals surface area contributed by atoms with Crippen molar-refractivity contribution in [2.45, 2.75) is 71.3 Å². The third-order valence-corrected chi connectivity index (χ3v) is 8.49. The fourth-order valence-corrected chi connectivity index (χ4v) is 5.85. The smallest absolute Gasteiger partial charge is 0.325 e. The SMILES string of the molecule is C.CCOC(=O)C1CN(c2cc(C3CC3)nn2C)CCC1=O.Cn1nc(C2CC2)cc1N1CCc2[nH]c(=O)[nH]c(=O)c2C1. The van der Waals surface area contributed by atoms with Crippen molar-refractivity contribution in [1.82, 2.24) is 29.5 Å². The van der Waals surface area contributed by atoms with E-state index in [0.717, 1.165) is 35.3 Å². The molecule has 2 saturated carbocycles. The van der Waals surface area contributed by atoms with E-state index in [2.05, 4.69) is 42.1 Å². The number of carbonyl (C=O) groups excluding carboxylic acids is 2. The first kappa shape index (κ1) is 30.3. The van der Waals surface area contributed by atoms with Crippen LogP contribution in [-0.4, -0.2) is 67.5 Å². The van der Waals surface area contributed by atoms with Gasteiger partial charge in [-0.15, -0.1) is 0 Å². The predicted molar refractivity (Wildman–Crippen MR) is 161 cm³/mol. The lowest BCUT2D eigenvalue weighted by atomic mass is 9.96. The summed E-state index contributed by atoms with van der Waals surface area (Å²) in [6, 6.07) is 4.22. The summed E-state index contributed by atoms with van der Waals surface area (Å²) in [4.78, 5) is 56.4. The molecule has 5 heterocycles. The molecule has 1 atom stereocenters. The fourth-order valence-electron chi connectivity index (χ4n) is 5.85. The second-order valence-corrected chi connectivity index (χ2v) is 11.7. The van der Waals surface area contributed by atoms with Gasteiger partial charge < -0.3 is 19.5 Å². The molecule has 13 nitrogen and oxygen atoms in total. The molecular formula is C30H42N8O5. The van der Waals surface area contributed by atoms with Crippen molar-refractivity contribution in [3.05, 3.63) is 55.6 Å². The number of H-pyrrole nitrogens is 2. The van der Waals surface area contributed by atoms with E-state index in [1.54, 1.807) is 6.92 Å². The van der Waals surface area contributed by atoms with Crippen LogP contribution in [0.1, 0.15) is 80.9 Å². The van der Waals surface area contributed by atoms with Gasteiger partial charge in [0.1, 0.15) is 17.6 Å². The molecule has 0 amide bonds. The quantitative estimate of drug-likeness (QED) is 0.323. The summed E-state index contributed by atoms with van der Waals surface area (Å²) in [5.41, 5.74) is 2.96. The Bertz CT molecular complexity index is 1610. The lowest BCUT2D eigenvalue weighted by Crippen LogP contribution is -2.45. The maximum Gasteiger partial charge on any atom is 0.325 e. The van der Waals surface area contributed by atoms with Gasteiger partial charge in [-0.25, -0.2) is 4.79 Å². The van der Waals surface area contributed by atoms with Gasteiger partial charge in [0.15, 0.2) is 5.78 Å². The van der Waals surface area contributed by atoms with E-state index in [0.29, 0.717) is 56.5 Å². The zero-order valence-corrected chi connectivity index (χ0v) is 24.4. The molecule has 3 aromatic rings. The van der Waals surface area contributed by atoms with Crippen LogP contribution in [0.3, 0.4) is 0 Å². The highest BCUT2D eigenvalue weighted by molar-refractivity contribution is 6.00. The molecule has 0 aromatic carbocycles. The third-order valence-electron chi connectivity index (χ3n) is 8.49. The zero-order valence-electron chi connectivity index (χ0n) is 24.4. The number of piperidine rings is 1. The number of esters is 1. The Morgan fingerprint density at radius 1 is 0.907 bits per heavy atom. The third kappa shape index (κ3) is 6.45. The molecule has 7 rings (SSSR count). The summed E-state index contributed by atoms with van der Waals surface area (Å²) in [5, 5.41) is 9.12. The van der Waals surface area contributed by atoms with Crippen molar-refractivity contribution in [3.8, 4) is 0 Å². The number of nitrogens with zero attached hydrogens (tertiary/aromatic N) is 6. The zero-order chi connectivity index (χ0) is 29.5. The number of fused-ring (bicyclic) bond motifs is 1. The number of ketones is 1. The van der Waals surface area contributed by atoms with Gasteiger partial charge >= 0.3 is 11.7 Å². The first-order valence-corrected chi connectivity index (χ1v) is 14.8. The molecule has 0 spiro atoms. The number of hydrogen-bond donors (Lipinski definition) is 2. The van der Waals surface area contributed by atoms with Crippen molar-refractivity contribution in [3.63, 3.8) is 0 Å². The normalized spacial score (nSPS) is 19.7. The van der Waals surface area contributed by atoms with Crippen molar-refractivity contribution >= 4 is 23.4 Å². The van der Waals surface area contributed by atoms with Gasteiger partial charge in [-0.1, -0.05) is 7.43 Å². The van der Waals surface area contributed by atoms with Crippen LogP contribution in [0.2, 0.25) is 0 Å². The van der Waals surface area contributed by atoms with Gasteiger partial charge in [0.05, 0.1) is 30.1 Å². The second-order valence-electron chi connectivity index (χ2n) is 11.7. The van der Waals surface area contributed by atoms with Crippen molar-refractivity contribution in [2.75, 3.05) is 36.0 Å². The predicted octanol–water partition coefficient (Wildman–Crippen LogP) is 2.13. The van der Waals surface area contributed by atoms with E-state index in [1.165, 1.54) is 25.7 Å². The molecule has 0 bridgehead atoms. The van der Waals surface area contributed by atoms with Crippen LogP contribution >= 0.6 is 0 Å². The van der Waals surface area contributed by atoms with Gasteiger partial charge in [0.2, 0.25) is 0 Å². The molecule has 2 aliphatic carbocycles. The number of aromatic nitrogens is 6. The lowest BCUT2D eigenvalue weighted by molar-refractivity contribution is -0.151. The topological polar surface area (TPSA) is 151 Å². The highest BCUT2D eigenvalue weighted by Gasteiger charge is 2.36. The second kappa shape index (κ2) is 12.2. The maximum absolute atomic E-state index is 11.9. The van der Waals surface area contributed by atoms with E-state index in [1.807, 2.05) is 23.5 Å². The Morgan fingerprint density at radius 3 is 2.07 bits per heavy atom. The minimum Gasteiger partial charge on any atom is -0.465 e. The average Bonchev–Trinajstić information content (AvgIpc) is 3.90. The number of carbonyl (C=O) groups is 2. The van der Waals surface area contributed by atoms with Gasteiger partial charge in [-0.2, -0.15) is 10.2 Å². The maximum atomic E-state index is 11.9. The Kier molecular flexibility index (Phi) is 8.61. The minimum absolute atomic E-state index is 0. The van der Waals surface area contributed by atoms with Gasteiger partial charge in [-0.05, 0) is 32.6 Å². The molecule has 13 heteroatoms.